The Bertz CT molecular complexity index is 525. The Morgan fingerprint density at radius 1 is 1.33 bits per heavy atom. The number of anilines is 1. The van der Waals surface area contributed by atoms with Gasteiger partial charge in [0.15, 0.2) is 0 Å². The van der Waals surface area contributed by atoms with Crippen LogP contribution in [0.3, 0.4) is 0 Å². The number of aromatic nitrogens is 2. The van der Waals surface area contributed by atoms with Crippen molar-refractivity contribution in [2.45, 2.75) is 6.10 Å². The van der Waals surface area contributed by atoms with Gasteiger partial charge in [0.1, 0.15) is 5.82 Å². The Morgan fingerprint density at radius 2 is 2.22 bits per heavy atom. The summed E-state index contributed by atoms with van der Waals surface area (Å²) >= 11 is 0. The number of morpholine rings is 1. The van der Waals surface area contributed by atoms with E-state index in [4.69, 9.17) is 4.74 Å². The number of hydrogen-bond acceptors (Lipinski definition) is 5. The van der Waals surface area contributed by atoms with E-state index in [0.29, 0.717) is 0 Å². The number of ether oxygens (including phenoxy) is 1. The first-order valence-electron chi connectivity index (χ1n) is 6.20. The Kier molecular flexibility index (Phi) is 3.34. The van der Waals surface area contributed by atoms with Gasteiger partial charge in [-0.1, -0.05) is 12.1 Å². The molecule has 18 heavy (non-hydrogen) atoms. The maximum Gasteiger partial charge on any atom is 0.145 e. The fourth-order valence-corrected chi connectivity index (χ4v) is 2.01. The lowest BCUT2D eigenvalue weighted by atomic mass is 10.3. The molecule has 2 heterocycles. The molecule has 1 unspecified atom stereocenters. The van der Waals surface area contributed by atoms with Crippen LogP contribution >= 0.6 is 0 Å². The lowest BCUT2D eigenvalue weighted by Gasteiger charge is -2.23. The molecule has 0 amide bonds. The van der Waals surface area contributed by atoms with E-state index >= 15 is 0 Å². The number of hydrogen-bond donors (Lipinski definition) is 2. The first-order chi connectivity index (χ1) is 8.92. The van der Waals surface area contributed by atoms with Gasteiger partial charge in [-0.2, -0.15) is 0 Å². The fourth-order valence-electron chi connectivity index (χ4n) is 2.01. The average Bonchev–Trinajstić information content (AvgIpc) is 2.46. The minimum Gasteiger partial charge on any atom is -0.374 e. The minimum absolute atomic E-state index is 0.201. The van der Waals surface area contributed by atoms with Gasteiger partial charge >= 0.3 is 0 Å². The van der Waals surface area contributed by atoms with Crippen molar-refractivity contribution in [3.63, 3.8) is 0 Å². The first-order valence-corrected chi connectivity index (χ1v) is 6.20. The highest BCUT2D eigenvalue weighted by Crippen LogP contribution is 2.11. The molecule has 0 radical (unpaired) electrons. The molecule has 2 aromatic rings. The second kappa shape index (κ2) is 5.29. The van der Waals surface area contributed by atoms with Crippen LogP contribution in [0.4, 0.5) is 5.82 Å². The molecule has 0 aliphatic carbocycles. The van der Waals surface area contributed by atoms with Crippen LogP contribution < -0.4 is 10.6 Å². The molecule has 5 nitrogen and oxygen atoms in total. The SMILES string of the molecule is c1ccc2nc(NCC3CNCCO3)cnc2c1. The zero-order chi connectivity index (χ0) is 12.2. The molecule has 1 aliphatic rings. The van der Waals surface area contributed by atoms with Crippen LogP contribution in [0.5, 0.6) is 0 Å². The molecular formula is C13H16N4O. The summed E-state index contributed by atoms with van der Waals surface area (Å²) in [5.74, 6) is 0.794. The van der Waals surface area contributed by atoms with Gasteiger partial charge in [0.05, 0.1) is 29.9 Å². The van der Waals surface area contributed by atoms with Crippen molar-refractivity contribution >= 4 is 16.9 Å². The monoisotopic (exact) mass is 244 g/mol. The predicted molar refractivity (Wildman–Crippen MR) is 70.6 cm³/mol. The number of fused-ring (bicyclic) bond motifs is 1. The second-order valence-corrected chi connectivity index (χ2v) is 4.32. The maximum atomic E-state index is 5.61. The third kappa shape index (κ3) is 2.57. The Labute approximate surface area is 106 Å². The van der Waals surface area contributed by atoms with Crippen LogP contribution in [0.25, 0.3) is 11.0 Å². The quantitative estimate of drug-likeness (QED) is 0.844. The van der Waals surface area contributed by atoms with Crippen molar-refractivity contribution in [3.05, 3.63) is 30.5 Å². The van der Waals surface area contributed by atoms with Crippen molar-refractivity contribution in [1.29, 1.82) is 0 Å². The molecule has 1 aromatic heterocycles. The predicted octanol–water partition coefficient (Wildman–Crippen LogP) is 1.03. The van der Waals surface area contributed by atoms with E-state index in [-0.39, 0.29) is 6.10 Å². The van der Waals surface area contributed by atoms with Crippen LogP contribution in [-0.2, 0) is 4.74 Å². The Balaban J connectivity index is 1.66. The fraction of sp³-hybridized carbons (Fsp3) is 0.385. The van der Waals surface area contributed by atoms with E-state index in [1.807, 2.05) is 24.3 Å². The van der Waals surface area contributed by atoms with Gasteiger partial charge in [-0.25, -0.2) is 4.98 Å². The lowest BCUT2D eigenvalue weighted by molar-refractivity contribution is 0.0372. The molecule has 0 bridgehead atoms. The minimum atomic E-state index is 0.201. The zero-order valence-corrected chi connectivity index (χ0v) is 10.1. The van der Waals surface area contributed by atoms with Crippen LogP contribution in [0.1, 0.15) is 0 Å². The molecule has 5 heteroatoms. The summed E-state index contributed by atoms with van der Waals surface area (Å²) in [4.78, 5) is 8.87. The Morgan fingerprint density at radius 3 is 3.06 bits per heavy atom. The van der Waals surface area contributed by atoms with Crippen LogP contribution in [0, 0.1) is 0 Å². The van der Waals surface area contributed by atoms with Gasteiger partial charge in [-0.15, -0.1) is 0 Å². The summed E-state index contributed by atoms with van der Waals surface area (Å²) in [5, 5.41) is 6.57. The molecule has 1 atom stereocenters. The van der Waals surface area contributed by atoms with Gasteiger partial charge in [-0.3, -0.25) is 4.98 Å². The normalized spacial score (nSPS) is 19.9. The summed E-state index contributed by atoms with van der Waals surface area (Å²) in [5.41, 5.74) is 1.82. The third-order valence-electron chi connectivity index (χ3n) is 2.96. The molecule has 0 saturated carbocycles. The molecule has 3 rings (SSSR count). The molecule has 1 fully saturated rings. The molecule has 0 spiro atoms. The van der Waals surface area contributed by atoms with E-state index in [9.17, 15) is 0 Å². The highest BCUT2D eigenvalue weighted by atomic mass is 16.5. The van der Waals surface area contributed by atoms with Crippen LogP contribution in [0.2, 0.25) is 0 Å². The van der Waals surface area contributed by atoms with Crippen LogP contribution in [-0.4, -0.2) is 42.3 Å². The summed E-state index contributed by atoms with van der Waals surface area (Å²) in [6.45, 7) is 3.34. The highest BCUT2D eigenvalue weighted by Gasteiger charge is 2.12. The van der Waals surface area contributed by atoms with E-state index < -0.39 is 0 Å². The number of rotatable bonds is 3. The molecule has 1 aliphatic heterocycles. The van der Waals surface area contributed by atoms with Crippen molar-refractivity contribution in [2.24, 2.45) is 0 Å². The maximum absolute atomic E-state index is 5.61. The van der Waals surface area contributed by atoms with Gasteiger partial charge in [0, 0.05) is 19.6 Å². The Hall–Kier alpha value is -1.72. The zero-order valence-electron chi connectivity index (χ0n) is 10.1. The first kappa shape index (κ1) is 11.4. The summed E-state index contributed by atoms with van der Waals surface area (Å²) in [6, 6.07) is 7.85. The number of nitrogens with zero attached hydrogens (tertiary/aromatic N) is 2. The van der Waals surface area contributed by atoms with Crippen molar-refractivity contribution in [1.82, 2.24) is 15.3 Å². The molecular weight excluding hydrogens is 228 g/mol. The van der Waals surface area contributed by atoms with Crippen molar-refractivity contribution < 1.29 is 4.74 Å². The summed E-state index contributed by atoms with van der Waals surface area (Å²) in [6.07, 6.45) is 1.96. The summed E-state index contributed by atoms with van der Waals surface area (Å²) in [7, 11) is 0. The van der Waals surface area contributed by atoms with Gasteiger partial charge < -0.3 is 15.4 Å². The lowest BCUT2D eigenvalue weighted by Crippen LogP contribution is -2.42. The molecule has 2 N–H and O–H groups in total. The van der Waals surface area contributed by atoms with Crippen LogP contribution in [0.15, 0.2) is 30.5 Å². The van der Waals surface area contributed by atoms with Gasteiger partial charge in [0.25, 0.3) is 0 Å². The van der Waals surface area contributed by atoms with Gasteiger partial charge in [0.2, 0.25) is 0 Å². The highest BCUT2D eigenvalue weighted by molar-refractivity contribution is 5.75. The van der Waals surface area contributed by atoms with E-state index in [1.54, 1.807) is 6.20 Å². The van der Waals surface area contributed by atoms with E-state index in [2.05, 4.69) is 20.6 Å². The van der Waals surface area contributed by atoms with Crippen molar-refractivity contribution in [2.75, 3.05) is 31.6 Å². The number of nitrogens with one attached hydrogen (secondary N) is 2. The third-order valence-corrected chi connectivity index (χ3v) is 2.96. The van der Waals surface area contributed by atoms with E-state index in [0.717, 1.165) is 43.1 Å². The van der Waals surface area contributed by atoms with Gasteiger partial charge in [-0.05, 0) is 12.1 Å². The molecule has 94 valence electrons. The van der Waals surface area contributed by atoms with E-state index in [1.165, 1.54) is 0 Å². The smallest absolute Gasteiger partial charge is 0.145 e. The number of para-hydroxylation sites is 2. The average molecular weight is 244 g/mol. The molecule has 1 aromatic carbocycles. The molecule has 1 saturated heterocycles. The second-order valence-electron chi connectivity index (χ2n) is 4.32. The van der Waals surface area contributed by atoms with Crippen molar-refractivity contribution in [3.8, 4) is 0 Å². The standard InChI is InChI=1S/C13H16N4O/c1-2-4-12-11(3-1)15-9-13(17-12)16-8-10-7-14-5-6-18-10/h1-4,9-10,14H,5-8H2,(H,16,17). The largest absolute Gasteiger partial charge is 0.374 e. The topological polar surface area (TPSA) is 59.1 Å². The summed E-state index contributed by atoms with van der Waals surface area (Å²) < 4.78 is 5.61. The number of benzene rings is 1.